The van der Waals surface area contributed by atoms with E-state index in [2.05, 4.69) is 11.4 Å². The molecule has 0 aliphatic carbocycles. The molecule has 0 radical (unpaired) electrons. The van der Waals surface area contributed by atoms with Gasteiger partial charge in [-0.1, -0.05) is 17.8 Å². The molecule has 0 atom stereocenters. The van der Waals surface area contributed by atoms with Gasteiger partial charge in [0.1, 0.15) is 5.58 Å². The molecule has 1 heterocycles. The summed E-state index contributed by atoms with van der Waals surface area (Å²) >= 11 is 0.475. The predicted molar refractivity (Wildman–Crippen MR) is 96.3 cm³/mol. The van der Waals surface area contributed by atoms with Crippen molar-refractivity contribution in [3.05, 3.63) is 59.4 Å². The maximum atomic E-state index is 12.3. The fraction of sp³-hybridized carbons (Fsp3) is 0.211. The van der Waals surface area contributed by atoms with Gasteiger partial charge >= 0.3 is 0 Å². The number of furan rings is 1. The van der Waals surface area contributed by atoms with Gasteiger partial charge in [0.25, 0.3) is 5.76 Å². The number of carbonyl (C=O) groups is 1. The van der Waals surface area contributed by atoms with Crippen LogP contribution in [-0.2, 0) is 11.2 Å². The number of carbonyl (C=O) groups excluding carboxylic acids is 1. The lowest BCUT2D eigenvalue weighted by molar-refractivity contribution is -0.115. The second kappa shape index (κ2) is 7.27. The number of nitrogens with one attached hydrogen (secondary N) is 1. The van der Waals surface area contributed by atoms with Gasteiger partial charge in [-0.3, -0.25) is 4.79 Å². The van der Waals surface area contributed by atoms with Gasteiger partial charge in [0.2, 0.25) is 5.91 Å². The second-order valence-corrected chi connectivity index (χ2v) is 6.91. The van der Waals surface area contributed by atoms with Crippen molar-refractivity contribution in [3.8, 4) is 0 Å². The maximum absolute atomic E-state index is 12.3. The van der Waals surface area contributed by atoms with Crippen LogP contribution in [-0.4, -0.2) is 11.7 Å². The molecule has 0 aliphatic heterocycles. The molecular weight excluding hydrogens is 344 g/mol. The molecule has 0 saturated carbocycles. The van der Waals surface area contributed by atoms with Crippen LogP contribution in [0.2, 0.25) is 0 Å². The Balaban J connectivity index is 1.71. The Labute approximate surface area is 148 Å². The van der Waals surface area contributed by atoms with Crippen LogP contribution in [0.4, 0.5) is 14.5 Å². The van der Waals surface area contributed by atoms with E-state index in [4.69, 9.17) is 4.42 Å². The quantitative estimate of drug-likeness (QED) is 0.606. The average Bonchev–Trinajstić information content (AvgIpc) is 2.91. The number of benzene rings is 2. The third-order valence-corrected chi connectivity index (χ3v) is 4.53. The van der Waals surface area contributed by atoms with E-state index in [1.807, 2.05) is 19.9 Å². The van der Waals surface area contributed by atoms with E-state index in [1.165, 1.54) is 0 Å². The van der Waals surface area contributed by atoms with Crippen molar-refractivity contribution >= 4 is 34.3 Å². The molecule has 3 nitrogen and oxygen atoms in total. The minimum absolute atomic E-state index is 0.183. The first-order valence-corrected chi connectivity index (χ1v) is 8.62. The van der Waals surface area contributed by atoms with Crippen LogP contribution in [0.5, 0.6) is 0 Å². The Morgan fingerprint density at radius 3 is 2.60 bits per heavy atom. The molecule has 0 unspecified atom stereocenters. The minimum atomic E-state index is -2.46. The highest BCUT2D eigenvalue weighted by atomic mass is 32.2. The van der Waals surface area contributed by atoms with Crippen molar-refractivity contribution in [1.29, 1.82) is 0 Å². The molecule has 1 amide bonds. The first-order chi connectivity index (χ1) is 11.9. The summed E-state index contributed by atoms with van der Waals surface area (Å²) < 4.78 is 30.2. The molecule has 2 aromatic carbocycles. The Morgan fingerprint density at radius 2 is 1.92 bits per heavy atom. The van der Waals surface area contributed by atoms with Crippen LogP contribution in [0.3, 0.4) is 0 Å². The smallest absolute Gasteiger partial charge is 0.288 e. The SMILES string of the molecule is Cc1cc(C)c2c(CC(=O)Nc3ccc(SC(F)F)cc3)coc2c1. The molecule has 3 aromatic rings. The van der Waals surface area contributed by atoms with Gasteiger partial charge in [-0.2, -0.15) is 8.78 Å². The molecule has 6 heteroatoms. The molecule has 0 spiro atoms. The number of halogens is 2. The van der Waals surface area contributed by atoms with Gasteiger partial charge in [0.05, 0.1) is 12.7 Å². The summed E-state index contributed by atoms with van der Waals surface area (Å²) in [5.41, 5.74) is 4.35. The lowest BCUT2D eigenvalue weighted by Gasteiger charge is -2.07. The van der Waals surface area contributed by atoms with E-state index in [9.17, 15) is 13.6 Å². The average molecular weight is 361 g/mol. The van der Waals surface area contributed by atoms with Crippen molar-refractivity contribution in [2.75, 3.05) is 5.32 Å². The normalized spacial score (nSPS) is 11.2. The Bertz CT molecular complexity index is 904. The zero-order valence-corrected chi connectivity index (χ0v) is 14.6. The zero-order valence-electron chi connectivity index (χ0n) is 13.8. The lowest BCUT2D eigenvalue weighted by Crippen LogP contribution is -2.14. The molecule has 1 N–H and O–H groups in total. The number of aryl methyl sites for hydroxylation is 2. The molecule has 1 aromatic heterocycles. The van der Waals surface area contributed by atoms with E-state index in [-0.39, 0.29) is 12.3 Å². The van der Waals surface area contributed by atoms with Crippen molar-refractivity contribution in [2.24, 2.45) is 0 Å². The predicted octanol–water partition coefficient (Wildman–Crippen LogP) is 5.55. The minimum Gasteiger partial charge on any atom is -0.464 e. The van der Waals surface area contributed by atoms with E-state index in [0.29, 0.717) is 22.3 Å². The van der Waals surface area contributed by atoms with Crippen LogP contribution in [0.1, 0.15) is 16.7 Å². The van der Waals surface area contributed by atoms with Crippen LogP contribution < -0.4 is 5.32 Å². The molecule has 0 saturated heterocycles. The summed E-state index contributed by atoms with van der Waals surface area (Å²) in [5, 5.41) is 3.74. The highest BCUT2D eigenvalue weighted by molar-refractivity contribution is 7.99. The van der Waals surface area contributed by atoms with Crippen molar-refractivity contribution in [1.82, 2.24) is 0 Å². The van der Waals surface area contributed by atoms with Crippen LogP contribution in [0.15, 0.2) is 52.0 Å². The first kappa shape index (κ1) is 17.5. The number of fused-ring (bicyclic) bond motifs is 1. The lowest BCUT2D eigenvalue weighted by atomic mass is 10.0. The standard InChI is InChI=1S/C19H17F2NO2S/c1-11-7-12(2)18-13(10-24-16(18)8-11)9-17(23)22-14-3-5-15(6-4-14)25-19(20)21/h3-8,10,19H,9H2,1-2H3,(H,22,23). The van der Waals surface area contributed by atoms with E-state index >= 15 is 0 Å². The van der Waals surface area contributed by atoms with Gasteiger partial charge in [-0.05, 0) is 55.3 Å². The molecular formula is C19H17F2NO2S. The molecule has 130 valence electrons. The Hall–Kier alpha value is -2.34. The zero-order chi connectivity index (χ0) is 18.0. The highest BCUT2D eigenvalue weighted by Gasteiger charge is 2.13. The van der Waals surface area contributed by atoms with Crippen molar-refractivity contribution in [3.63, 3.8) is 0 Å². The Morgan fingerprint density at radius 1 is 1.20 bits per heavy atom. The number of rotatable bonds is 5. The first-order valence-electron chi connectivity index (χ1n) is 7.74. The van der Waals surface area contributed by atoms with Gasteiger partial charge in [-0.25, -0.2) is 0 Å². The maximum Gasteiger partial charge on any atom is 0.288 e. The van der Waals surface area contributed by atoms with Gasteiger partial charge < -0.3 is 9.73 Å². The number of thioether (sulfide) groups is 1. The summed E-state index contributed by atoms with van der Waals surface area (Å²) in [4.78, 5) is 12.7. The largest absolute Gasteiger partial charge is 0.464 e. The van der Waals surface area contributed by atoms with Gasteiger partial charge in [0.15, 0.2) is 0 Å². The van der Waals surface area contributed by atoms with Crippen molar-refractivity contribution < 1.29 is 18.0 Å². The Kier molecular flexibility index (Phi) is 5.08. The van der Waals surface area contributed by atoms with E-state index < -0.39 is 5.76 Å². The van der Waals surface area contributed by atoms with Crippen LogP contribution >= 0.6 is 11.8 Å². The summed E-state index contributed by atoms with van der Waals surface area (Å²) in [6.45, 7) is 3.99. The fourth-order valence-electron chi connectivity index (χ4n) is 2.85. The summed E-state index contributed by atoms with van der Waals surface area (Å²) in [5.74, 6) is -2.64. The number of anilines is 1. The van der Waals surface area contributed by atoms with Gasteiger partial charge in [0, 0.05) is 21.5 Å². The number of amides is 1. The van der Waals surface area contributed by atoms with E-state index in [1.54, 1.807) is 30.5 Å². The summed E-state index contributed by atoms with van der Waals surface area (Å²) in [7, 11) is 0. The summed E-state index contributed by atoms with van der Waals surface area (Å²) in [6.07, 6.45) is 1.80. The summed E-state index contributed by atoms with van der Waals surface area (Å²) in [6, 6.07) is 10.4. The monoisotopic (exact) mass is 361 g/mol. The molecule has 3 rings (SSSR count). The van der Waals surface area contributed by atoms with Gasteiger partial charge in [-0.15, -0.1) is 0 Å². The van der Waals surface area contributed by atoms with E-state index in [0.717, 1.165) is 27.7 Å². The molecule has 0 aliphatic rings. The number of alkyl halides is 2. The van der Waals surface area contributed by atoms with Crippen LogP contribution in [0.25, 0.3) is 11.0 Å². The number of hydrogen-bond acceptors (Lipinski definition) is 3. The van der Waals surface area contributed by atoms with Crippen LogP contribution in [0, 0.1) is 13.8 Å². The third kappa shape index (κ3) is 4.20. The van der Waals surface area contributed by atoms with Crippen molar-refractivity contribution in [2.45, 2.75) is 30.9 Å². The molecule has 0 bridgehead atoms. The topological polar surface area (TPSA) is 42.2 Å². The second-order valence-electron chi connectivity index (χ2n) is 5.84. The highest BCUT2D eigenvalue weighted by Crippen LogP contribution is 2.28. The number of hydrogen-bond donors (Lipinski definition) is 1. The molecule has 0 fully saturated rings. The fourth-order valence-corrected chi connectivity index (χ4v) is 3.35. The molecule has 25 heavy (non-hydrogen) atoms. The third-order valence-electron chi connectivity index (χ3n) is 3.81.